The topological polar surface area (TPSA) is 107 Å². The Bertz CT molecular complexity index is 1080. The number of aromatic nitrogens is 2. The second-order valence-electron chi connectivity index (χ2n) is 5.38. The molecule has 0 amide bonds. The average molecular weight is 363 g/mol. The second kappa shape index (κ2) is 7.25. The van der Waals surface area contributed by atoms with Crippen LogP contribution in [0.5, 0.6) is 5.75 Å². The summed E-state index contributed by atoms with van der Waals surface area (Å²) in [4.78, 5) is 29.7. The predicted molar refractivity (Wildman–Crippen MR) is 99.3 cm³/mol. The van der Waals surface area contributed by atoms with E-state index in [9.17, 15) is 20.0 Å². The summed E-state index contributed by atoms with van der Waals surface area (Å²) in [6.45, 7) is 0. The molecule has 0 atom stereocenters. The van der Waals surface area contributed by atoms with Crippen molar-refractivity contribution in [2.45, 2.75) is 5.16 Å². The van der Waals surface area contributed by atoms with Crippen LogP contribution in [0.3, 0.4) is 0 Å². The minimum absolute atomic E-state index is 0.0384. The Hall–Kier alpha value is -3.37. The van der Waals surface area contributed by atoms with Crippen molar-refractivity contribution in [1.82, 2.24) is 9.97 Å². The quantitative estimate of drug-likeness (QED) is 0.419. The zero-order chi connectivity index (χ0) is 18.7. The maximum absolute atomic E-state index is 12.0. The smallest absolute Gasteiger partial charge is 0.270 e. The van der Waals surface area contributed by atoms with Gasteiger partial charge in [0.1, 0.15) is 17.4 Å². The Morgan fingerprint density at radius 2 is 1.81 bits per heavy atom. The van der Waals surface area contributed by atoms with E-state index in [0.717, 1.165) is 11.1 Å². The normalized spacial score (nSPS) is 10.3. The number of carbonyl (C=O) groups excluding carboxylic acids is 1. The number of aldehydes is 1. The van der Waals surface area contributed by atoms with E-state index in [1.165, 1.54) is 17.8 Å². The molecule has 26 heavy (non-hydrogen) atoms. The number of nitrogens with zero attached hydrogens (tertiary/aromatic N) is 2. The van der Waals surface area contributed by atoms with E-state index in [1.54, 1.807) is 42.7 Å². The van der Waals surface area contributed by atoms with E-state index in [-0.39, 0.29) is 16.9 Å². The van der Waals surface area contributed by atoms with Gasteiger partial charge in [-0.3, -0.25) is 9.59 Å². The van der Waals surface area contributed by atoms with Crippen molar-refractivity contribution in [2.75, 3.05) is 6.26 Å². The van der Waals surface area contributed by atoms with Crippen LogP contribution in [-0.2, 0) is 0 Å². The summed E-state index contributed by atoms with van der Waals surface area (Å²) in [6.07, 6.45) is 2.38. The van der Waals surface area contributed by atoms with E-state index < -0.39 is 5.56 Å². The Morgan fingerprint density at radius 3 is 2.38 bits per heavy atom. The summed E-state index contributed by atoms with van der Waals surface area (Å²) in [6, 6.07) is 13.8. The molecular weight excluding hydrogens is 350 g/mol. The third kappa shape index (κ3) is 3.23. The summed E-state index contributed by atoms with van der Waals surface area (Å²) in [5.74, 6) is -0.0887. The molecule has 0 bridgehead atoms. The van der Waals surface area contributed by atoms with Crippen LogP contribution in [0.4, 0.5) is 0 Å². The fourth-order valence-electron chi connectivity index (χ4n) is 2.51. The van der Waals surface area contributed by atoms with Crippen LogP contribution in [0.25, 0.3) is 22.4 Å². The van der Waals surface area contributed by atoms with Crippen LogP contribution >= 0.6 is 11.8 Å². The van der Waals surface area contributed by atoms with E-state index in [2.05, 4.69) is 9.97 Å². The van der Waals surface area contributed by atoms with Crippen molar-refractivity contribution >= 4 is 18.0 Å². The number of phenolic OH excluding ortho intramolecular Hbond substituents is 1. The fraction of sp³-hybridized carbons (Fsp3) is 0.0526. The lowest BCUT2D eigenvalue weighted by Crippen LogP contribution is -2.14. The van der Waals surface area contributed by atoms with Crippen LogP contribution in [0.15, 0.2) is 52.4 Å². The van der Waals surface area contributed by atoms with Crippen molar-refractivity contribution in [3.05, 3.63) is 63.9 Å². The van der Waals surface area contributed by atoms with Crippen molar-refractivity contribution in [3.8, 4) is 34.2 Å². The SMILES string of the molecule is CSc1nc(-c2ccc(-c3ccc(C=O)c(O)c3)cc2)c(C#N)c(=O)[nH]1. The molecule has 0 aliphatic rings. The Kier molecular flexibility index (Phi) is 4.87. The lowest BCUT2D eigenvalue weighted by Gasteiger charge is -2.08. The second-order valence-corrected chi connectivity index (χ2v) is 6.17. The molecule has 2 aromatic carbocycles. The molecule has 0 fully saturated rings. The van der Waals surface area contributed by atoms with Gasteiger partial charge in [0.2, 0.25) is 0 Å². The molecule has 2 N–H and O–H groups in total. The van der Waals surface area contributed by atoms with Gasteiger partial charge in [0, 0.05) is 5.56 Å². The van der Waals surface area contributed by atoms with Crippen LogP contribution in [0.2, 0.25) is 0 Å². The van der Waals surface area contributed by atoms with Crippen molar-refractivity contribution < 1.29 is 9.90 Å². The first kappa shape index (κ1) is 17.5. The van der Waals surface area contributed by atoms with E-state index >= 15 is 0 Å². The monoisotopic (exact) mass is 363 g/mol. The van der Waals surface area contributed by atoms with E-state index in [0.29, 0.717) is 22.7 Å². The molecule has 0 aliphatic carbocycles. The van der Waals surface area contributed by atoms with Gasteiger partial charge >= 0.3 is 0 Å². The van der Waals surface area contributed by atoms with Gasteiger partial charge in [-0.2, -0.15) is 5.26 Å². The first-order valence-electron chi connectivity index (χ1n) is 7.54. The molecule has 1 aromatic heterocycles. The minimum atomic E-state index is -0.472. The molecule has 7 heteroatoms. The number of carbonyl (C=O) groups is 1. The first-order chi connectivity index (χ1) is 12.6. The molecule has 0 unspecified atom stereocenters. The number of aromatic hydroxyl groups is 1. The van der Waals surface area contributed by atoms with Crippen LogP contribution in [0.1, 0.15) is 15.9 Å². The maximum Gasteiger partial charge on any atom is 0.270 e. The Balaban J connectivity index is 2.05. The number of thioether (sulfide) groups is 1. The van der Waals surface area contributed by atoms with E-state index in [1.807, 2.05) is 6.07 Å². The van der Waals surface area contributed by atoms with Gasteiger partial charge in [-0.1, -0.05) is 42.1 Å². The summed E-state index contributed by atoms with van der Waals surface area (Å²) >= 11 is 1.28. The highest BCUT2D eigenvalue weighted by Gasteiger charge is 2.13. The molecule has 1 heterocycles. The highest BCUT2D eigenvalue weighted by Crippen LogP contribution is 2.28. The number of nitriles is 1. The number of aromatic amines is 1. The van der Waals surface area contributed by atoms with Gasteiger partial charge in [-0.25, -0.2) is 4.98 Å². The van der Waals surface area contributed by atoms with Crippen LogP contribution in [0, 0.1) is 11.3 Å². The number of nitrogens with one attached hydrogen (secondary N) is 1. The maximum atomic E-state index is 12.0. The fourth-order valence-corrected chi connectivity index (χ4v) is 2.88. The predicted octanol–water partition coefficient (Wildman–Crippen LogP) is 3.22. The summed E-state index contributed by atoms with van der Waals surface area (Å²) < 4.78 is 0. The number of phenols is 1. The number of hydrogen-bond donors (Lipinski definition) is 2. The molecular formula is C19H13N3O3S. The van der Waals surface area contributed by atoms with Gasteiger partial charge in [0.05, 0.1) is 11.3 Å². The van der Waals surface area contributed by atoms with Crippen molar-refractivity contribution in [2.24, 2.45) is 0 Å². The lowest BCUT2D eigenvalue weighted by molar-refractivity contribution is 0.112. The number of H-pyrrole nitrogens is 1. The Labute approximate surface area is 153 Å². The van der Waals surface area contributed by atoms with Gasteiger partial charge in [0.25, 0.3) is 5.56 Å². The third-order valence-electron chi connectivity index (χ3n) is 3.85. The van der Waals surface area contributed by atoms with Gasteiger partial charge in [0.15, 0.2) is 11.4 Å². The lowest BCUT2D eigenvalue weighted by atomic mass is 10.00. The number of rotatable bonds is 4. The molecule has 0 aliphatic heterocycles. The Morgan fingerprint density at radius 1 is 1.15 bits per heavy atom. The average Bonchev–Trinajstić information content (AvgIpc) is 2.67. The molecule has 3 rings (SSSR count). The molecule has 0 radical (unpaired) electrons. The number of benzene rings is 2. The van der Waals surface area contributed by atoms with Crippen molar-refractivity contribution in [3.63, 3.8) is 0 Å². The highest BCUT2D eigenvalue weighted by atomic mass is 32.2. The summed E-state index contributed by atoms with van der Waals surface area (Å²) in [5, 5.41) is 19.5. The van der Waals surface area contributed by atoms with Crippen LogP contribution < -0.4 is 5.56 Å². The molecule has 3 aromatic rings. The molecule has 0 saturated heterocycles. The van der Waals surface area contributed by atoms with Crippen LogP contribution in [-0.4, -0.2) is 27.6 Å². The zero-order valence-corrected chi connectivity index (χ0v) is 14.5. The molecule has 0 spiro atoms. The summed E-state index contributed by atoms with van der Waals surface area (Å²) in [7, 11) is 0. The highest BCUT2D eigenvalue weighted by molar-refractivity contribution is 7.98. The third-order valence-corrected chi connectivity index (χ3v) is 4.43. The standard InChI is InChI=1S/C19H13N3O3S/c1-26-19-21-17(15(9-20)18(25)22-19)12-4-2-11(3-5-12)13-6-7-14(10-23)16(24)8-13/h2-8,10,24H,1H3,(H,21,22,25). The zero-order valence-electron chi connectivity index (χ0n) is 13.7. The first-order valence-corrected chi connectivity index (χ1v) is 8.77. The molecule has 0 saturated carbocycles. The van der Waals surface area contributed by atoms with Crippen molar-refractivity contribution in [1.29, 1.82) is 5.26 Å². The van der Waals surface area contributed by atoms with Gasteiger partial charge in [-0.05, 0) is 29.5 Å². The molecule has 6 nitrogen and oxygen atoms in total. The van der Waals surface area contributed by atoms with E-state index in [4.69, 9.17) is 0 Å². The van der Waals surface area contributed by atoms with Gasteiger partial charge in [-0.15, -0.1) is 0 Å². The summed E-state index contributed by atoms with van der Waals surface area (Å²) in [5.41, 5.74) is 2.23. The molecule has 128 valence electrons. The minimum Gasteiger partial charge on any atom is -0.507 e. The van der Waals surface area contributed by atoms with Gasteiger partial charge < -0.3 is 10.1 Å². The number of hydrogen-bond acceptors (Lipinski definition) is 6. The largest absolute Gasteiger partial charge is 0.507 e.